The van der Waals surface area contributed by atoms with Crippen molar-refractivity contribution in [3.8, 4) is 0 Å². The molecular weight excluding hydrogens is 1290 g/mol. The van der Waals surface area contributed by atoms with Crippen LogP contribution in [0.3, 0.4) is 0 Å². The fourth-order valence-corrected chi connectivity index (χ4v) is 10.4. The number of H-pyrrole nitrogens is 1. The Morgan fingerprint density at radius 2 is 1.19 bits per heavy atom. The van der Waals surface area contributed by atoms with Gasteiger partial charge < -0.3 is 96.4 Å². The van der Waals surface area contributed by atoms with E-state index in [-0.39, 0.29) is 89.1 Å². The van der Waals surface area contributed by atoms with E-state index in [1.165, 1.54) is 33.3 Å². The number of aromatic amines is 1. The Morgan fingerprint density at radius 3 is 1.75 bits per heavy atom. The van der Waals surface area contributed by atoms with Crippen molar-refractivity contribution in [2.24, 2.45) is 35.0 Å². The molecule has 1 aromatic heterocycles. The van der Waals surface area contributed by atoms with Crippen molar-refractivity contribution in [1.29, 1.82) is 0 Å². The molecule has 1 aliphatic rings. The van der Waals surface area contributed by atoms with E-state index in [1.54, 1.807) is 41.5 Å². The number of hydrogen-bond acceptors (Lipinski definition) is 18. The van der Waals surface area contributed by atoms with E-state index in [0.717, 1.165) is 0 Å². The average Bonchev–Trinajstić information content (AvgIpc) is 1.17. The number of nitrogens with two attached hydrogens (primary N) is 3. The number of carboxylic acid groups (broad SMARTS) is 1. The first-order valence-electron chi connectivity index (χ1n) is 34.0. The number of carbonyl (C=O) groups is 16. The molecule has 1 aromatic rings. The summed E-state index contributed by atoms with van der Waals surface area (Å²) in [5.74, 6) is -15.3. The molecule has 0 unspecified atom stereocenters. The molecule has 35 nitrogen and oxygen atoms in total. The lowest BCUT2D eigenvalue weighted by molar-refractivity contribution is -0.139. The van der Waals surface area contributed by atoms with Crippen molar-refractivity contribution in [3.63, 3.8) is 0 Å². The molecule has 2 rings (SSSR count). The summed E-state index contributed by atoms with van der Waals surface area (Å²) in [6.07, 6.45) is 2.93. The maximum absolute atomic E-state index is 14.4. The first-order valence-corrected chi connectivity index (χ1v) is 34.0. The number of primary amides is 2. The van der Waals surface area contributed by atoms with E-state index >= 15 is 0 Å². The van der Waals surface area contributed by atoms with Gasteiger partial charge >= 0.3 is 5.97 Å². The zero-order valence-electron chi connectivity index (χ0n) is 58.6. The predicted molar refractivity (Wildman–Crippen MR) is 359 cm³/mol. The number of carboxylic acids is 1. The van der Waals surface area contributed by atoms with E-state index in [1.807, 2.05) is 6.92 Å². The Bertz CT molecular complexity index is 2910. The SMILES string of the molecule is CCCC[C@H](NC(=O)[C@H](CC(C)C)NC(=O)[C@H](CCCCN)NC(=O)[C@H](C)NC(=O)[C@H](CC(N)=O)NC(=O)[C@@H]1CCCCNC(=O)CC[C@H](NC(C)=O)C(=O)N[C@@H](C)C(=O)N[C@@H](Cc2cnc[nH]2)C(=O)N1)C(=O)N[C@@H](CCC(=O)O)C(=O)N[C@H](C(=O)N[C@H](C(N)=O)[C@@H](C)CC)[C@@H](C)CC. The summed E-state index contributed by atoms with van der Waals surface area (Å²) in [6.45, 7) is 16.3. The Kier molecular flexibility index (Phi) is 38.6. The number of amides is 15. The molecule has 1 saturated heterocycles. The van der Waals surface area contributed by atoms with Gasteiger partial charge in [-0.15, -0.1) is 0 Å². The minimum Gasteiger partial charge on any atom is -0.481 e. The van der Waals surface area contributed by atoms with Crippen molar-refractivity contribution >= 4 is 94.6 Å². The van der Waals surface area contributed by atoms with Gasteiger partial charge in [0.15, 0.2) is 0 Å². The molecule has 0 bridgehead atoms. The van der Waals surface area contributed by atoms with E-state index in [2.05, 4.69) is 79.1 Å². The quantitative estimate of drug-likeness (QED) is 0.0287. The highest BCUT2D eigenvalue weighted by molar-refractivity contribution is 6.00. The Hall–Kier alpha value is -9.31. The summed E-state index contributed by atoms with van der Waals surface area (Å²) < 4.78 is 0. The molecule has 21 N–H and O–H groups in total. The van der Waals surface area contributed by atoms with Crippen LogP contribution in [0.1, 0.15) is 184 Å². The molecular formula is C64H108N18O17. The van der Waals surface area contributed by atoms with Crippen LogP contribution in [-0.4, -0.2) is 195 Å². The third-order valence-electron chi connectivity index (χ3n) is 16.7. The maximum Gasteiger partial charge on any atom is 0.303 e. The van der Waals surface area contributed by atoms with Crippen LogP contribution in [0.2, 0.25) is 0 Å². The number of unbranched alkanes of at least 4 members (excludes halogenated alkanes) is 2. The number of nitrogens with zero attached hydrogens (tertiary/aromatic N) is 1. The minimum atomic E-state index is -1.78. The Labute approximate surface area is 577 Å². The summed E-state index contributed by atoms with van der Waals surface area (Å²) >= 11 is 0. The number of aliphatic carboxylic acids is 1. The predicted octanol–water partition coefficient (Wildman–Crippen LogP) is -3.41. The highest BCUT2D eigenvalue weighted by Crippen LogP contribution is 2.16. The molecule has 556 valence electrons. The molecule has 0 aliphatic carbocycles. The molecule has 14 atom stereocenters. The molecule has 1 fully saturated rings. The standard InChI is InChI=1S/C64H108N18O17/c1-11-14-19-40(57(92)77-44(23-25-50(86)87)60(95)82-52(35(7)13-3)64(99)81-51(53(67)88)34(6)12-2)75-62(97)45(28-33(4)5)79-58(93)41(20-15-17-26-65)74-54(89)36(8)72-61(96)47(30-48(66)84)80-59(94)42-21-16-18-27-69-49(85)24-22-43(73-38(10)83)56(91)71-37(9)55(90)78-46(63(98)76-42)29-39-31-68-32-70-39/h31-37,40-47,51-52H,11-30,65H2,1-10H3,(H2,66,84)(H2,67,88)(H,68,70)(H,69,85)(H,71,91)(H,72,96)(H,73,83)(H,74,89)(H,75,97)(H,76,98)(H,77,92)(H,78,90)(H,79,93)(H,80,94)(H,81,99)(H,82,95)(H,86,87)/t34-,35-,36-,37-,40-,41-,42-,43-,44-,45-,46-,47-,51-,52-/m0/s1. The highest BCUT2D eigenvalue weighted by atomic mass is 16.4. The van der Waals surface area contributed by atoms with Gasteiger partial charge in [0.2, 0.25) is 88.6 Å². The Morgan fingerprint density at radius 1 is 0.626 bits per heavy atom. The van der Waals surface area contributed by atoms with Gasteiger partial charge in [0.1, 0.15) is 72.5 Å². The van der Waals surface area contributed by atoms with Crippen molar-refractivity contribution in [3.05, 3.63) is 18.2 Å². The summed E-state index contributed by atoms with van der Waals surface area (Å²) in [7, 11) is 0. The summed E-state index contributed by atoms with van der Waals surface area (Å²) in [5.41, 5.74) is 17.3. The zero-order chi connectivity index (χ0) is 74.6. The zero-order valence-corrected chi connectivity index (χ0v) is 58.6. The molecule has 0 radical (unpaired) electrons. The molecule has 0 aromatic carbocycles. The van der Waals surface area contributed by atoms with E-state index in [9.17, 15) is 81.8 Å². The first kappa shape index (κ1) is 85.8. The lowest BCUT2D eigenvalue weighted by atomic mass is 9.94. The van der Waals surface area contributed by atoms with Crippen LogP contribution >= 0.6 is 0 Å². The maximum atomic E-state index is 14.4. The molecule has 15 amide bonds. The van der Waals surface area contributed by atoms with Crippen molar-refractivity contribution < 1.29 is 81.8 Å². The van der Waals surface area contributed by atoms with Gasteiger partial charge in [0.05, 0.1) is 12.7 Å². The van der Waals surface area contributed by atoms with Crippen LogP contribution in [0.4, 0.5) is 0 Å². The summed E-state index contributed by atoms with van der Waals surface area (Å²) in [5, 5.41) is 43.0. The van der Waals surface area contributed by atoms with Gasteiger partial charge in [-0.3, -0.25) is 76.7 Å². The molecule has 2 heterocycles. The lowest BCUT2D eigenvalue weighted by Gasteiger charge is -2.30. The molecule has 99 heavy (non-hydrogen) atoms. The number of rotatable bonds is 38. The van der Waals surface area contributed by atoms with Crippen LogP contribution in [0.15, 0.2) is 12.5 Å². The fraction of sp³-hybridized carbons (Fsp3) is 0.703. The van der Waals surface area contributed by atoms with Crippen molar-refractivity contribution in [2.75, 3.05) is 13.1 Å². The molecule has 0 spiro atoms. The second-order valence-electron chi connectivity index (χ2n) is 25.6. The molecule has 35 heteroatoms. The number of carbonyl (C=O) groups excluding carboxylic acids is 15. The fourth-order valence-electron chi connectivity index (χ4n) is 10.4. The van der Waals surface area contributed by atoms with Gasteiger partial charge in [-0.2, -0.15) is 0 Å². The second-order valence-corrected chi connectivity index (χ2v) is 25.6. The topological polar surface area (TPSA) is 556 Å². The van der Waals surface area contributed by atoms with Crippen LogP contribution in [0.25, 0.3) is 0 Å². The first-order chi connectivity index (χ1) is 46.7. The van der Waals surface area contributed by atoms with E-state index in [0.29, 0.717) is 37.8 Å². The van der Waals surface area contributed by atoms with Crippen LogP contribution < -0.4 is 86.3 Å². The summed E-state index contributed by atoms with van der Waals surface area (Å²) in [4.78, 5) is 223. The Balaban J connectivity index is 2.45. The van der Waals surface area contributed by atoms with Gasteiger partial charge in [0, 0.05) is 44.6 Å². The smallest absolute Gasteiger partial charge is 0.303 e. The third-order valence-corrected chi connectivity index (χ3v) is 16.7. The van der Waals surface area contributed by atoms with Gasteiger partial charge in [0.25, 0.3) is 0 Å². The second kappa shape index (κ2) is 44.6. The summed E-state index contributed by atoms with van der Waals surface area (Å²) in [6, 6.07) is -16.7. The van der Waals surface area contributed by atoms with E-state index in [4.69, 9.17) is 17.2 Å². The lowest BCUT2D eigenvalue weighted by Crippen LogP contribution is -2.61. The number of imidazole rings is 1. The highest BCUT2D eigenvalue weighted by Gasteiger charge is 2.38. The van der Waals surface area contributed by atoms with Crippen molar-refractivity contribution in [2.45, 2.75) is 257 Å². The molecule has 1 aliphatic heterocycles. The van der Waals surface area contributed by atoms with Crippen molar-refractivity contribution in [1.82, 2.24) is 79.1 Å². The number of aromatic nitrogens is 2. The van der Waals surface area contributed by atoms with Crippen LogP contribution in [0, 0.1) is 17.8 Å². The van der Waals surface area contributed by atoms with Gasteiger partial charge in [-0.25, -0.2) is 4.98 Å². The number of hydrogen-bond donors (Lipinski definition) is 18. The molecule has 0 saturated carbocycles. The third kappa shape index (κ3) is 31.8. The van der Waals surface area contributed by atoms with Crippen LogP contribution in [-0.2, 0) is 83.1 Å². The van der Waals surface area contributed by atoms with Gasteiger partial charge in [-0.05, 0) is 102 Å². The van der Waals surface area contributed by atoms with Crippen LogP contribution in [0.5, 0.6) is 0 Å². The largest absolute Gasteiger partial charge is 0.481 e. The number of nitrogens with one attached hydrogen (secondary N) is 14. The van der Waals surface area contributed by atoms with E-state index < -0.39 is 192 Å². The average molecular weight is 1400 g/mol. The monoisotopic (exact) mass is 1400 g/mol. The normalized spacial score (nSPS) is 19.5. The minimum absolute atomic E-state index is 0.00641. The van der Waals surface area contributed by atoms with Gasteiger partial charge in [-0.1, -0.05) is 74.1 Å².